The molecule has 1 saturated heterocycles. The van der Waals surface area contributed by atoms with E-state index in [2.05, 4.69) is 53.4 Å². The van der Waals surface area contributed by atoms with Gasteiger partial charge in [0.2, 0.25) is 0 Å². The molecule has 2 N–H and O–H groups in total. The van der Waals surface area contributed by atoms with Gasteiger partial charge < -0.3 is 10.6 Å². The van der Waals surface area contributed by atoms with Gasteiger partial charge in [0.25, 0.3) is 0 Å². The maximum atomic E-state index is 5.85. The molecule has 0 radical (unpaired) electrons. The molecule has 2 heteroatoms. The van der Waals surface area contributed by atoms with Crippen LogP contribution in [0.15, 0.2) is 54.6 Å². The maximum absolute atomic E-state index is 5.85. The lowest BCUT2D eigenvalue weighted by Crippen LogP contribution is -2.35. The zero-order valence-corrected chi connectivity index (χ0v) is 13.2. The number of hydrogen-bond acceptors (Lipinski definition) is 2. The second-order valence-electron chi connectivity index (χ2n) is 6.47. The second kappa shape index (κ2) is 7.46. The minimum Gasteiger partial charge on any atom is -0.399 e. The Labute approximate surface area is 134 Å². The Morgan fingerprint density at radius 2 is 1.64 bits per heavy atom. The van der Waals surface area contributed by atoms with Gasteiger partial charge in [0.15, 0.2) is 0 Å². The van der Waals surface area contributed by atoms with Crippen molar-refractivity contribution in [1.82, 2.24) is 4.90 Å². The number of anilines is 1. The van der Waals surface area contributed by atoms with Gasteiger partial charge >= 0.3 is 0 Å². The summed E-state index contributed by atoms with van der Waals surface area (Å²) in [6, 6.07) is 19.2. The molecular weight excluding hydrogens is 268 g/mol. The number of nitrogen functional groups attached to an aromatic ring is 1. The highest BCUT2D eigenvalue weighted by atomic mass is 15.1. The van der Waals surface area contributed by atoms with Crippen molar-refractivity contribution in [2.75, 3.05) is 25.4 Å². The van der Waals surface area contributed by atoms with Gasteiger partial charge in [0.05, 0.1) is 0 Å². The van der Waals surface area contributed by atoms with E-state index >= 15 is 0 Å². The number of hydrogen-bond donors (Lipinski definition) is 1. The Morgan fingerprint density at radius 1 is 0.909 bits per heavy atom. The van der Waals surface area contributed by atoms with E-state index in [0.29, 0.717) is 0 Å². The van der Waals surface area contributed by atoms with Crippen molar-refractivity contribution >= 4 is 5.69 Å². The van der Waals surface area contributed by atoms with Crippen LogP contribution in [0.3, 0.4) is 0 Å². The molecule has 1 aliphatic rings. The number of nitrogens with zero attached hydrogens (tertiary/aromatic N) is 1. The van der Waals surface area contributed by atoms with E-state index in [1.165, 1.54) is 43.5 Å². The smallest absolute Gasteiger partial charge is 0.0316 e. The average Bonchev–Trinajstić information content (AvgIpc) is 2.55. The van der Waals surface area contributed by atoms with Crippen LogP contribution in [-0.4, -0.2) is 24.5 Å². The highest BCUT2D eigenvalue weighted by Gasteiger charge is 2.19. The highest BCUT2D eigenvalue weighted by molar-refractivity contribution is 5.40. The van der Waals surface area contributed by atoms with Gasteiger partial charge in [-0.15, -0.1) is 0 Å². The summed E-state index contributed by atoms with van der Waals surface area (Å²) in [7, 11) is 0. The third-order valence-electron chi connectivity index (χ3n) is 4.74. The summed E-state index contributed by atoms with van der Waals surface area (Å²) in [5.41, 5.74) is 9.56. The SMILES string of the molecule is Nc1cccc(CCN2CCC(Cc3ccccc3)CC2)c1. The molecule has 0 bridgehead atoms. The van der Waals surface area contributed by atoms with E-state index in [1.807, 2.05) is 6.07 Å². The summed E-state index contributed by atoms with van der Waals surface area (Å²) in [5.74, 6) is 0.853. The number of rotatable bonds is 5. The Morgan fingerprint density at radius 3 is 2.36 bits per heavy atom. The first-order valence-corrected chi connectivity index (χ1v) is 8.40. The summed E-state index contributed by atoms with van der Waals surface area (Å²) >= 11 is 0. The van der Waals surface area contributed by atoms with Gasteiger partial charge in [0.1, 0.15) is 0 Å². The minimum atomic E-state index is 0.853. The third-order valence-corrected chi connectivity index (χ3v) is 4.74. The van der Waals surface area contributed by atoms with Gasteiger partial charge in [-0.2, -0.15) is 0 Å². The van der Waals surface area contributed by atoms with Crippen LogP contribution >= 0.6 is 0 Å². The first-order valence-electron chi connectivity index (χ1n) is 8.40. The summed E-state index contributed by atoms with van der Waals surface area (Å²) in [5, 5.41) is 0. The molecule has 0 spiro atoms. The predicted molar refractivity (Wildman–Crippen MR) is 93.9 cm³/mol. The summed E-state index contributed by atoms with van der Waals surface area (Å²) in [4.78, 5) is 2.60. The lowest BCUT2D eigenvalue weighted by atomic mass is 9.90. The zero-order valence-electron chi connectivity index (χ0n) is 13.2. The van der Waals surface area contributed by atoms with E-state index in [-0.39, 0.29) is 0 Å². The fraction of sp³-hybridized carbons (Fsp3) is 0.400. The van der Waals surface area contributed by atoms with Crippen molar-refractivity contribution in [2.45, 2.75) is 25.7 Å². The van der Waals surface area contributed by atoms with Crippen molar-refractivity contribution in [3.8, 4) is 0 Å². The van der Waals surface area contributed by atoms with Gasteiger partial charge in [-0.1, -0.05) is 42.5 Å². The van der Waals surface area contributed by atoms with Gasteiger partial charge in [-0.3, -0.25) is 0 Å². The molecule has 0 atom stereocenters. The molecule has 2 aromatic rings. The van der Waals surface area contributed by atoms with Crippen LogP contribution in [0.25, 0.3) is 0 Å². The molecule has 22 heavy (non-hydrogen) atoms. The highest BCUT2D eigenvalue weighted by Crippen LogP contribution is 2.22. The van der Waals surface area contributed by atoms with Crippen LogP contribution < -0.4 is 5.73 Å². The molecule has 2 aromatic carbocycles. The maximum Gasteiger partial charge on any atom is 0.0316 e. The van der Waals surface area contributed by atoms with Crippen LogP contribution in [0, 0.1) is 5.92 Å². The van der Waals surface area contributed by atoms with Crippen LogP contribution in [0.5, 0.6) is 0 Å². The third kappa shape index (κ3) is 4.35. The monoisotopic (exact) mass is 294 g/mol. The van der Waals surface area contributed by atoms with Crippen LogP contribution in [0.1, 0.15) is 24.0 Å². The fourth-order valence-corrected chi connectivity index (χ4v) is 3.40. The van der Waals surface area contributed by atoms with Crippen molar-refractivity contribution < 1.29 is 0 Å². The van der Waals surface area contributed by atoms with E-state index in [1.54, 1.807) is 0 Å². The van der Waals surface area contributed by atoms with Crippen molar-refractivity contribution in [3.63, 3.8) is 0 Å². The number of nitrogens with two attached hydrogens (primary N) is 1. The quantitative estimate of drug-likeness (QED) is 0.851. The predicted octanol–water partition coefficient (Wildman–Crippen LogP) is 3.77. The Kier molecular flexibility index (Phi) is 5.12. The lowest BCUT2D eigenvalue weighted by molar-refractivity contribution is 0.186. The molecule has 0 aliphatic carbocycles. The van der Waals surface area contributed by atoms with Crippen molar-refractivity contribution in [1.29, 1.82) is 0 Å². The molecular formula is C20H26N2. The second-order valence-corrected chi connectivity index (χ2v) is 6.47. The minimum absolute atomic E-state index is 0.853. The molecule has 1 aliphatic heterocycles. The molecule has 0 unspecified atom stereocenters. The van der Waals surface area contributed by atoms with Gasteiger partial charge in [0, 0.05) is 12.2 Å². The molecule has 3 rings (SSSR count). The van der Waals surface area contributed by atoms with Gasteiger partial charge in [-0.05, 0) is 68.0 Å². The number of benzene rings is 2. The van der Waals surface area contributed by atoms with Crippen LogP contribution in [-0.2, 0) is 12.8 Å². The Bertz CT molecular complexity index is 571. The van der Waals surface area contributed by atoms with E-state index < -0.39 is 0 Å². The fourth-order valence-electron chi connectivity index (χ4n) is 3.40. The molecule has 0 saturated carbocycles. The number of piperidine rings is 1. The van der Waals surface area contributed by atoms with Crippen molar-refractivity contribution in [3.05, 3.63) is 65.7 Å². The molecule has 1 heterocycles. The molecule has 116 valence electrons. The first-order chi connectivity index (χ1) is 10.8. The Balaban J connectivity index is 1.42. The van der Waals surface area contributed by atoms with Crippen LogP contribution in [0.4, 0.5) is 5.69 Å². The largest absolute Gasteiger partial charge is 0.399 e. The van der Waals surface area contributed by atoms with E-state index in [0.717, 1.165) is 24.6 Å². The standard InChI is InChI=1S/C20H26N2/c21-20-8-4-7-18(16-20)9-12-22-13-10-19(11-14-22)15-17-5-2-1-3-6-17/h1-8,16,19H,9-15,21H2. The first kappa shape index (κ1) is 15.1. The van der Waals surface area contributed by atoms with Crippen LogP contribution in [0.2, 0.25) is 0 Å². The zero-order chi connectivity index (χ0) is 15.2. The lowest BCUT2D eigenvalue weighted by Gasteiger charge is -2.32. The summed E-state index contributed by atoms with van der Waals surface area (Å²) in [6.45, 7) is 3.63. The van der Waals surface area contributed by atoms with Gasteiger partial charge in [-0.25, -0.2) is 0 Å². The normalized spacial score (nSPS) is 16.7. The molecule has 0 amide bonds. The molecule has 1 fully saturated rings. The number of likely N-dealkylation sites (tertiary alicyclic amines) is 1. The summed E-state index contributed by atoms with van der Waals surface area (Å²) in [6.07, 6.45) is 5.00. The average molecular weight is 294 g/mol. The van der Waals surface area contributed by atoms with Crippen molar-refractivity contribution in [2.24, 2.45) is 5.92 Å². The molecule has 2 nitrogen and oxygen atoms in total. The van der Waals surface area contributed by atoms with E-state index in [4.69, 9.17) is 5.73 Å². The van der Waals surface area contributed by atoms with E-state index in [9.17, 15) is 0 Å². The topological polar surface area (TPSA) is 29.3 Å². The Hall–Kier alpha value is -1.80. The molecule has 0 aromatic heterocycles. The summed E-state index contributed by atoms with van der Waals surface area (Å²) < 4.78 is 0.